The van der Waals surface area contributed by atoms with E-state index in [1.54, 1.807) is 18.3 Å². The van der Waals surface area contributed by atoms with Gasteiger partial charge in [-0.15, -0.1) is 0 Å². The first kappa shape index (κ1) is 11.5. The second-order valence-electron chi connectivity index (χ2n) is 4.45. The van der Waals surface area contributed by atoms with Gasteiger partial charge in [0.15, 0.2) is 0 Å². The first-order valence-electron chi connectivity index (χ1n) is 5.93. The summed E-state index contributed by atoms with van der Waals surface area (Å²) in [4.78, 5) is 4.32. The lowest BCUT2D eigenvalue weighted by Gasteiger charge is -2.08. The van der Waals surface area contributed by atoms with Gasteiger partial charge in [0, 0.05) is 17.6 Å². The second kappa shape index (κ2) is 4.29. The average molecular weight is 243 g/mol. The van der Waals surface area contributed by atoms with E-state index in [2.05, 4.69) is 15.6 Å². The van der Waals surface area contributed by atoms with Crippen LogP contribution in [-0.4, -0.2) is 17.4 Å². The number of rotatable bonds is 1. The number of hydrogen-bond acceptors (Lipinski definition) is 2. The zero-order chi connectivity index (χ0) is 13.4. The summed E-state index contributed by atoms with van der Waals surface area (Å²) in [6.07, 6.45) is 1.66. The molecule has 0 amide bonds. The van der Waals surface area contributed by atoms with Gasteiger partial charge in [-0.05, 0) is 43.3 Å². The summed E-state index contributed by atoms with van der Waals surface area (Å²) in [6.45, 7) is 2.02. The van der Waals surface area contributed by atoms with E-state index in [9.17, 15) is 0 Å². The zero-order valence-electron chi connectivity index (χ0n) is 10.5. The maximum atomic E-state index is 8.84. The zero-order valence-corrected chi connectivity index (χ0v) is 10.5. The number of aromatic nitrogens is 2. The average Bonchev–Trinajstić information content (AvgIpc) is 2.74. The molecule has 0 spiro atoms. The first-order valence-corrected chi connectivity index (χ1v) is 5.93. The lowest BCUT2D eigenvalue weighted by molar-refractivity contribution is 1.05. The molecule has 88 valence electrons. The quantitative estimate of drug-likeness (QED) is 0.613. The Morgan fingerprint density at radius 2 is 1.95 bits per heavy atom. The molecule has 2 heterocycles. The molecule has 0 N–H and O–H groups in total. The van der Waals surface area contributed by atoms with E-state index in [0.717, 1.165) is 22.4 Å². The Hall–Kier alpha value is -2.54. The Morgan fingerprint density at radius 3 is 2.63 bits per heavy atom. The predicted octanol–water partition coefficient (Wildman–Crippen LogP) is 2.00. The predicted molar refractivity (Wildman–Crippen MR) is 75.9 cm³/mol. The molecule has 2 aromatic heterocycles. The van der Waals surface area contributed by atoms with Crippen LogP contribution in [0.3, 0.4) is 0 Å². The van der Waals surface area contributed by atoms with Gasteiger partial charge in [0.2, 0.25) is 0 Å². The van der Waals surface area contributed by atoms with Gasteiger partial charge in [0.25, 0.3) is 0 Å². The van der Waals surface area contributed by atoms with Gasteiger partial charge >= 0.3 is 0 Å². The summed E-state index contributed by atoms with van der Waals surface area (Å²) in [6, 6.07) is 13.5. The van der Waals surface area contributed by atoms with E-state index >= 15 is 0 Å². The van der Waals surface area contributed by atoms with Crippen molar-refractivity contribution in [3.05, 3.63) is 53.9 Å². The number of fused-ring (bicyclic) bond motifs is 1. The molecule has 0 saturated carbocycles. The highest BCUT2D eigenvalue weighted by Crippen LogP contribution is 2.22. The lowest BCUT2D eigenvalue weighted by Crippen LogP contribution is -2.04. The van der Waals surface area contributed by atoms with Gasteiger partial charge in [-0.1, -0.05) is 5.46 Å². The van der Waals surface area contributed by atoms with E-state index < -0.39 is 0 Å². The van der Waals surface area contributed by atoms with Crippen LogP contribution in [0.15, 0.2) is 42.6 Å². The monoisotopic (exact) mass is 243 g/mol. The van der Waals surface area contributed by atoms with Crippen molar-refractivity contribution in [1.82, 2.24) is 9.55 Å². The largest absolute Gasteiger partial charge is 0.312 e. The Balaban J connectivity index is 2.26. The summed E-state index contributed by atoms with van der Waals surface area (Å²) < 4.78 is 2.08. The van der Waals surface area contributed by atoms with Crippen molar-refractivity contribution in [3.8, 4) is 11.8 Å². The molecule has 0 saturated heterocycles. The number of aryl methyl sites for hydroxylation is 1. The van der Waals surface area contributed by atoms with Crippen LogP contribution in [0.25, 0.3) is 16.7 Å². The molecular weight excluding hydrogens is 233 g/mol. The summed E-state index contributed by atoms with van der Waals surface area (Å²) in [7, 11) is 5.81. The highest BCUT2D eigenvalue weighted by Gasteiger charge is 2.08. The van der Waals surface area contributed by atoms with E-state index in [-0.39, 0.29) is 0 Å². The van der Waals surface area contributed by atoms with Crippen LogP contribution in [-0.2, 0) is 0 Å². The SMILES string of the molecule is [B]c1cnc2cc(C)n(-c3ccc(C#N)cc3)c2c1. The Labute approximate surface area is 112 Å². The van der Waals surface area contributed by atoms with Gasteiger partial charge in [0.05, 0.1) is 22.7 Å². The lowest BCUT2D eigenvalue weighted by atomic mass is 9.98. The fourth-order valence-corrected chi connectivity index (χ4v) is 2.25. The Kier molecular flexibility index (Phi) is 2.61. The van der Waals surface area contributed by atoms with Crippen molar-refractivity contribution in [3.63, 3.8) is 0 Å². The molecule has 2 radical (unpaired) electrons. The molecule has 0 fully saturated rings. The normalized spacial score (nSPS) is 10.5. The minimum absolute atomic E-state index is 0.639. The second-order valence-corrected chi connectivity index (χ2v) is 4.45. The van der Waals surface area contributed by atoms with Crippen molar-refractivity contribution in [2.45, 2.75) is 6.92 Å². The number of benzene rings is 1. The molecular formula is C15H10BN3. The smallest absolute Gasteiger partial charge is 0.116 e. The molecule has 0 aliphatic heterocycles. The minimum atomic E-state index is 0.639. The Bertz CT molecular complexity index is 795. The summed E-state index contributed by atoms with van der Waals surface area (Å²) in [5.41, 5.74) is 5.26. The molecule has 0 aliphatic carbocycles. The minimum Gasteiger partial charge on any atom is -0.312 e. The molecule has 19 heavy (non-hydrogen) atoms. The number of nitriles is 1. The van der Waals surface area contributed by atoms with Gasteiger partial charge in [-0.3, -0.25) is 4.98 Å². The molecule has 0 atom stereocenters. The van der Waals surface area contributed by atoms with E-state index in [1.807, 2.05) is 31.2 Å². The summed E-state index contributed by atoms with van der Waals surface area (Å²) >= 11 is 0. The number of nitrogens with zero attached hydrogens (tertiary/aromatic N) is 3. The van der Waals surface area contributed by atoms with Crippen LogP contribution >= 0.6 is 0 Å². The highest BCUT2D eigenvalue weighted by atomic mass is 15.0. The summed E-state index contributed by atoms with van der Waals surface area (Å²) in [5, 5.41) is 8.84. The Morgan fingerprint density at radius 1 is 1.21 bits per heavy atom. The number of pyridine rings is 1. The third-order valence-corrected chi connectivity index (χ3v) is 3.11. The van der Waals surface area contributed by atoms with Crippen LogP contribution in [0, 0.1) is 18.3 Å². The van der Waals surface area contributed by atoms with Crippen molar-refractivity contribution in [2.24, 2.45) is 0 Å². The van der Waals surface area contributed by atoms with Crippen molar-refractivity contribution in [1.29, 1.82) is 5.26 Å². The van der Waals surface area contributed by atoms with Gasteiger partial charge in [-0.2, -0.15) is 5.26 Å². The third kappa shape index (κ3) is 1.90. The first-order chi connectivity index (χ1) is 9.19. The van der Waals surface area contributed by atoms with Crippen LogP contribution in [0.5, 0.6) is 0 Å². The van der Waals surface area contributed by atoms with E-state index in [1.165, 1.54) is 0 Å². The van der Waals surface area contributed by atoms with Gasteiger partial charge < -0.3 is 4.57 Å². The topological polar surface area (TPSA) is 41.6 Å². The molecule has 0 aliphatic rings. The third-order valence-electron chi connectivity index (χ3n) is 3.11. The van der Waals surface area contributed by atoms with Crippen molar-refractivity contribution < 1.29 is 0 Å². The molecule has 3 nitrogen and oxygen atoms in total. The van der Waals surface area contributed by atoms with Gasteiger partial charge in [0.1, 0.15) is 7.85 Å². The van der Waals surface area contributed by atoms with Crippen LogP contribution in [0.1, 0.15) is 11.3 Å². The highest BCUT2D eigenvalue weighted by molar-refractivity contribution is 6.32. The molecule has 0 unspecified atom stereocenters. The molecule has 4 heteroatoms. The van der Waals surface area contributed by atoms with Crippen molar-refractivity contribution >= 4 is 24.3 Å². The van der Waals surface area contributed by atoms with Gasteiger partial charge in [-0.25, -0.2) is 0 Å². The maximum absolute atomic E-state index is 8.84. The molecule has 0 bridgehead atoms. The molecule has 3 rings (SSSR count). The maximum Gasteiger partial charge on any atom is 0.116 e. The van der Waals surface area contributed by atoms with E-state index in [4.69, 9.17) is 13.1 Å². The van der Waals surface area contributed by atoms with Crippen LogP contribution in [0.4, 0.5) is 0 Å². The van der Waals surface area contributed by atoms with Crippen LogP contribution < -0.4 is 5.46 Å². The molecule has 3 aromatic rings. The summed E-state index contributed by atoms with van der Waals surface area (Å²) in [5.74, 6) is 0. The van der Waals surface area contributed by atoms with Crippen LogP contribution in [0.2, 0.25) is 0 Å². The standard InChI is InChI=1S/C15H10BN3/c1-10-6-14-15(7-12(16)9-18-14)19(10)13-4-2-11(8-17)3-5-13/h2-7,9H,1H3. The van der Waals surface area contributed by atoms with Crippen molar-refractivity contribution in [2.75, 3.05) is 0 Å². The fraction of sp³-hybridized carbons (Fsp3) is 0.0667. The molecule has 1 aromatic carbocycles. The number of hydrogen-bond donors (Lipinski definition) is 0. The van der Waals surface area contributed by atoms with E-state index in [0.29, 0.717) is 11.0 Å². The fourth-order valence-electron chi connectivity index (χ4n) is 2.25.